The number of esters is 2. The fraction of sp³-hybridized carbons (Fsp3) is 0.714. The molecule has 0 radical (unpaired) electrons. The second-order valence-corrected chi connectivity index (χ2v) is 16.6. The Morgan fingerprint density at radius 1 is 0.509 bits per heavy atom. The van der Waals surface area contributed by atoms with Crippen LogP contribution >= 0.6 is 15.6 Å². The molecule has 0 amide bonds. The number of carbonyl (C=O) groups excluding carboxylic acids is 2. The zero-order chi connectivity index (χ0) is 42.3. The summed E-state index contributed by atoms with van der Waals surface area (Å²) in [5.41, 5.74) is 0. The van der Waals surface area contributed by atoms with Crippen LogP contribution in [0, 0.1) is 0 Å². The lowest BCUT2D eigenvalue weighted by Crippen LogP contribution is -2.29. The van der Waals surface area contributed by atoms with Gasteiger partial charge in [0.25, 0.3) is 0 Å². The number of allylic oxidation sites excluding steroid dienone is 10. The van der Waals surface area contributed by atoms with Crippen LogP contribution in [0.3, 0.4) is 0 Å². The first-order chi connectivity index (χ1) is 27.4. The van der Waals surface area contributed by atoms with Crippen molar-refractivity contribution in [1.29, 1.82) is 0 Å². The molecule has 13 nitrogen and oxygen atoms in total. The van der Waals surface area contributed by atoms with Gasteiger partial charge in [-0.3, -0.25) is 23.2 Å². The number of hydrogen-bond acceptors (Lipinski definition) is 10. The maximum Gasteiger partial charge on any atom is 0.472 e. The van der Waals surface area contributed by atoms with Crippen molar-refractivity contribution in [3.8, 4) is 0 Å². The standard InChI is InChI=1S/C42H74O13P2/c1-3-5-7-9-11-13-15-17-18-19-20-22-24-26-28-30-32-34-42(45)55-40(38-54-57(49,50)53-36-39(43)35-52-56(46,47)48)37-51-41(44)33-31-29-27-25-23-21-16-14-12-10-8-6-4-2/h11,13-14,16-18,20,22,26,28,39-40,43H,3-10,12,15,19,21,23-25,27,29-38H2,1-2H3,(H,49,50)(H2,46,47,48). The lowest BCUT2D eigenvalue weighted by molar-refractivity contribution is -0.161. The van der Waals surface area contributed by atoms with E-state index in [1.54, 1.807) is 0 Å². The number of aliphatic hydroxyl groups excluding tert-OH is 1. The highest BCUT2D eigenvalue weighted by atomic mass is 31.2. The van der Waals surface area contributed by atoms with Crippen molar-refractivity contribution < 1.29 is 61.6 Å². The van der Waals surface area contributed by atoms with Crippen LogP contribution in [0.15, 0.2) is 60.8 Å². The van der Waals surface area contributed by atoms with Crippen LogP contribution in [-0.2, 0) is 41.8 Å². The number of unbranched alkanes of at least 4 members (excludes halogenated alkanes) is 13. The highest BCUT2D eigenvalue weighted by Crippen LogP contribution is 2.43. The van der Waals surface area contributed by atoms with E-state index in [1.165, 1.54) is 44.9 Å². The number of phosphoric ester groups is 2. The molecule has 0 aliphatic carbocycles. The van der Waals surface area contributed by atoms with Crippen LogP contribution in [0.1, 0.15) is 155 Å². The molecule has 0 bridgehead atoms. The fourth-order valence-electron chi connectivity index (χ4n) is 5.16. The Bertz CT molecular complexity index is 1240. The van der Waals surface area contributed by atoms with E-state index in [9.17, 15) is 28.7 Å². The summed E-state index contributed by atoms with van der Waals surface area (Å²) in [6.45, 7) is 1.63. The third-order valence-electron chi connectivity index (χ3n) is 8.37. The molecule has 3 atom stereocenters. The molecule has 0 aromatic heterocycles. The van der Waals surface area contributed by atoms with Gasteiger partial charge in [-0.1, -0.05) is 126 Å². The van der Waals surface area contributed by atoms with Crippen molar-refractivity contribution >= 4 is 27.6 Å². The quantitative estimate of drug-likeness (QED) is 0.0198. The van der Waals surface area contributed by atoms with Crippen LogP contribution < -0.4 is 0 Å². The number of aliphatic hydroxyl groups is 1. The van der Waals surface area contributed by atoms with E-state index in [1.807, 2.05) is 12.2 Å². The molecule has 15 heteroatoms. The third-order valence-corrected chi connectivity index (χ3v) is 9.81. The molecule has 0 saturated heterocycles. The Balaban J connectivity index is 4.66. The predicted octanol–water partition coefficient (Wildman–Crippen LogP) is 10.4. The second kappa shape index (κ2) is 38.0. The summed E-state index contributed by atoms with van der Waals surface area (Å²) in [6, 6.07) is 0. The largest absolute Gasteiger partial charge is 0.472 e. The number of rotatable bonds is 39. The minimum atomic E-state index is -4.87. The van der Waals surface area contributed by atoms with E-state index < -0.39 is 66.2 Å². The molecule has 0 rings (SSSR count). The molecular formula is C42H74O13P2. The summed E-state index contributed by atoms with van der Waals surface area (Å²) in [5, 5.41) is 9.73. The number of hydrogen-bond donors (Lipinski definition) is 4. The maximum atomic E-state index is 12.6. The molecule has 0 heterocycles. The maximum absolute atomic E-state index is 12.6. The van der Waals surface area contributed by atoms with Crippen LogP contribution in [0.25, 0.3) is 0 Å². The highest BCUT2D eigenvalue weighted by Gasteiger charge is 2.28. The molecule has 330 valence electrons. The van der Waals surface area contributed by atoms with Gasteiger partial charge in [0.05, 0.1) is 19.8 Å². The highest BCUT2D eigenvalue weighted by molar-refractivity contribution is 7.47. The molecule has 0 aromatic rings. The summed E-state index contributed by atoms with van der Waals surface area (Å²) in [4.78, 5) is 52.6. The van der Waals surface area contributed by atoms with Crippen molar-refractivity contribution in [3.05, 3.63) is 60.8 Å². The van der Waals surface area contributed by atoms with Crippen molar-refractivity contribution in [2.45, 2.75) is 167 Å². The monoisotopic (exact) mass is 848 g/mol. The summed E-state index contributed by atoms with van der Waals surface area (Å²) < 4.78 is 47.6. The normalized spacial score (nSPS) is 14.7. The van der Waals surface area contributed by atoms with Gasteiger partial charge < -0.3 is 29.3 Å². The van der Waals surface area contributed by atoms with E-state index in [-0.39, 0.29) is 12.8 Å². The molecule has 0 spiro atoms. The van der Waals surface area contributed by atoms with Gasteiger partial charge in [0, 0.05) is 12.8 Å². The van der Waals surface area contributed by atoms with E-state index >= 15 is 0 Å². The minimum absolute atomic E-state index is 0.0519. The Labute approximate surface area is 342 Å². The zero-order valence-corrected chi connectivity index (χ0v) is 36.5. The topological polar surface area (TPSA) is 195 Å². The van der Waals surface area contributed by atoms with E-state index in [4.69, 9.17) is 23.8 Å². The lowest BCUT2D eigenvalue weighted by Gasteiger charge is -2.20. The van der Waals surface area contributed by atoms with E-state index in [0.29, 0.717) is 19.3 Å². The molecule has 4 N–H and O–H groups in total. The summed E-state index contributed by atoms with van der Waals surface area (Å²) >= 11 is 0. The number of carbonyl (C=O) groups is 2. The number of ether oxygens (including phenoxy) is 2. The Hall–Kier alpha value is -2.18. The van der Waals surface area contributed by atoms with E-state index in [0.717, 1.165) is 64.2 Å². The van der Waals surface area contributed by atoms with Gasteiger partial charge in [-0.05, 0) is 77.0 Å². The van der Waals surface area contributed by atoms with Crippen molar-refractivity contribution in [2.75, 3.05) is 26.4 Å². The second-order valence-electron chi connectivity index (χ2n) is 13.9. The molecule has 0 saturated carbocycles. The van der Waals surface area contributed by atoms with Gasteiger partial charge in [0.15, 0.2) is 6.10 Å². The smallest absolute Gasteiger partial charge is 0.462 e. The predicted molar refractivity (Wildman–Crippen MR) is 225 cm³/mol. The SMILES string of the molecule is CCCCCC=CCC=CCC=CCC=CCCCC(=O)OC(COC(=O)CCCCCCCC=CCCCCCC)COP(=O)(O)OCC(O)COP(=O)(O)O. The Morgan fingerprint density at radius 3 is 1.51 bits per heavy atom. The molecule has 0 aliphatic heterocycles. The molecule has 0 aromatic carbocycles. The van der Waals surface area contributed by atoms with Gasteiger partial charge >= 0.3 is 27.6 Å². The van der Waals surface area contributed by atoms with Gasteiger partial charge in [-0.25, -0.2) is 9.13 Å². The molecule has 3 unspecified atom stereocenters. The van der Waals surface area contributed by atoms with Gasteiger partial charge in [-0.15, -0.1) is 0 Å². The molecular weight excluding hydrogens is 774 g/mol. The van der Waals surface area contributed by atoms with Crippen LogP contribution in [-0.4, -0.2) is 70.4 Å². The zero-order valence-electron chi connectivity index (χ0n) is 34.7. The van der Waals surface area contributed by atoms with E-state index in [2.05, 4.69) is 71.5 Å². The lowest BCUT2D eigenvalue weighted by atomic mass is 10.1. The average molecular weight is 849 g/mol. The summed E-state index contributed by atoms with van der Waals surface area (Å²) in [6.07, 6.45) is 39.4. The molecule has 0 aliphatic rings. The minimum Gasteiger partial charge on any atom is -0.462 e. The van der Waals surface area contributed by atoms with Gasteiger partial charge in [0.1, 0.15) is 12.7 Å². The van der Waals surface area contributed by atoms with Crippen molar-refractivity contribution in [1.82, 2.24) is 0 Å². The Morgan fingerprint density at radius 2 is 0.930 bits per heavy atom. The van der Waals surface area contributed by atoms with Gasteiger partial charge in [-0.2, -0.15) is 0 Å². The van der Waals surface area contributed by atoms with Crippen molar-refractivity contribution in [2.24, 2.45) is 0 Å². The summed E-state index contributed by atoms with van der Waals surface area (Å²) in [5.74, 6) is -1.11. The van der Waals surface area contributed by atoms with Crippen LogP contribution in [0.4, 0.5) is 0 Å². The molecule has 0 fully saturated rings. The van der Waals surface area contributed by atoms with Crippen molar-refractivity contribution in [3.63, 3.8) is 0 Å². The first-order valence-corrected chi connectivity index (χ1v) is 24.0. The number of phosphoric acid groups is 2. The van der Waals surface area contributed by atoms with Crippen LogP contribution in [0.5, 0.6) is 0 Å². The third kappa shape index (κ3) is 41.8. The van der Waals surface area contributed by atoms with Crippen LogP contribution in [0.2, 0.25) is 0 Å². The average Bonchev–Trinajstić information content (AvgIpc) is 3.17. The Kier molecular flexibility index (Phi) is 36.6. The first kappa shape index (κ1) is 54.8. The summed E-state index contributed by atoms with van der Waals surface area (Å²) in [7, 11) is -9.69. The van der Waals surface area contributed by atoms with Gasteiger partial charge in [0.2, 0.25) is 0 Å². The molecule has 57 heavy (non-hydrogen) atoms. The first-order valence-electron chi connectivity index (χ1n) is 21.0. The fourth-order valence-corrected chi connectivity index (χ4v) is 6.31.